The molecule has 1 N–H and O–H groups in total. The van der Waals surface area contributed by atoms with Gasteiger partial charge in [0, 0.05) is 49.6 Å². The zero-order chi connectivity index (χ0) is 25.7. The van der Waals surface area contributed by atoms with E-state index in [2.05, 4.69) is 26.7 Å². The van der Waals surface area contributed by atoms with Gasteiger partial charge in [0.15, 0.2) is 5.83 Å². The second-order valence-corrected chi connectivity index (χ2v) is 9.71. The van der Waals surface area contributed by atoms with Crippen LogP contribution in [0.1, 0.15) is 18.9 Å². The van der Waals surface area contributed by atoms with E-state index in [9.17, 15) is 0 Å². The van der Waals surface area contributed by atoms with Gasteiger partial charge in [-0.1, -0.05) is 54.1 Å². The van der Waals surface area contributed by atoms with E-state index in [1.165, 1.54) is 0 Å². The highest BCUT2D eigenvalue weighted by Crippen LogP contribution is 2.41. The summed E-state index contributed by atoms with van der Waals surface area (Å²) in [4.78, 5) is 8.89. The van der Waals surface area contributed by atoms with Crippen molar-refractivity contribution < 1.29 is 9.13 Å². The topological polar surface area (TPSA) is 40.1 Å². The molecule has 1 aliphatic carbocycles. The summed E-state index contributed by atoms with van der Waals surface area (Å²) in [6, 6.07) is 13.7. The molecule has 0 amide bonds. The minimum absolute atomic E-state index is 0.188. The number of nitrogens with zero attached hydrogens (tertiary/aromatic N) is 3. The molecular formula is C29H34ClFN4O. The maximum Gasteiger partial charge on any atom is 0.206 e. The lowest BCUT2D eigenvalue weighted by molar-refractivity contribution is 0.196. The van der Waals surface area contributed by atoms with Crippen molar-refractivity contribution in [2.24, 2.45) is 4.99 Å². The fourth-order valence-corrected chi connectivity index (χ4v) is 4.88. The van der Waals surface area contributed by atoms with E-state index in [1.54, 1.807) is 0 Å². The van der Waals surface area contributed by atoms with Crippen molar-refractivity contribution in [2.45, 2.75) is 13.3 Å². The van der Waals surface area contributed by atoms with Gasteiger partial charge < -0.3 is 19.9 Å². The summed E-state index contributed by atoms with van der Waals surface area (Å²) < 4.78 is 22.2. The lowest BCUT2D eigenvalue weighted by atomic mass is 9.90. The number of halogens is 2. The van der Waals surface area contributed by atoms with Gasteiger partial charge in [0.1, 0.15) is 5.71 Å². The van der Waals surface area contributed by atoms with Crippen LogP contribution in [-0.2, 0) is 4.74 Å². The number of nitrogens with one attached hydrogen (secondary N) is 1. The maximum absolute atomic E-state index is 16.5. The molecule has 1 fully saturated rings. The van der Waals surface area contributed by atoms with E-state index in [-0.39, 0.29) is 11.6 Å². The largest absolute Gasteiger partial charge is 0.478 e. The first-order valence-corrected chi connectivity index (χ1v) is 12.7. The van der Waals surface area contributed by atoms with Gasteiger partial charge in [0.2, 0.25) is 5.88 Å². The summed E-state index contributed by atoms with van der Waals surface area (Å²) in [5.41, 5.74) is 2.86. The van der Waals surface area contributed by atoms with E-state index < -0.39 is 5.83 Å². The first kappa shape index (κ1) is 26.1. The molecule has 36 heavy (non-hydrogen) atoms. The monoisotopic (exact) mass is 508 g/mol. The van der Waals surface area contributed by atoms with Crippen molar-refractivity contribution in [3.05, 3.63) is 88.7 Å². The van der Waals surface area contributed by atoms with Gasteiger partial charge in [-0.2, -0.15) is 0 Å². The Balaban J connectivity index is 1.78. The van der Waals surface area contributed by atoms with E-state index in [1.807, 2.05) is 69.6 Å². The number of allylic oxidation sites excluding steroid dienone is 6. The lowest BCUT2D eigenvalue weighted by Crippen LogP contribution is -2.43. The Morgan fingerprint density at radius 3 is 2.64 bits per heavy atom. The summed E-state index contributed by atoms with van der Waals surface area (Å²) in [5, 5.41) is 5.66. The third kappa shape index (κ3) is 5.89. The molecule has 0 radical (unpaired) electrons. The molecule has 0 spiro atoms. The molecule has 2 aromatic carbocycles. The third-order valence-corrected chi connectivity index (χ3v) is 6.79. The summed E-state index contributed by atoms with van der Waals surface area (Å²) in [5.74, 6) is -0.283. The SMILES string of the molecule is C=C(N=C1C(F)=C(c2cccc3ccccc23)C(Cl)=C/C1=C(/C)N1CCNCC1)OCCCN(C)C. The first-order valence-electron chi connectivity index (χ1n) is 12.3. The highest BCUT2D eigenvalue weighted by Gasteiger charge is 2.29. The molecule has 7 heteroatoms. The average molecular weight is 509 g/mol. The van der Waals surface area contributed by atoms with E-state index in [0.29, 0.717) is 22.8 Å². The van der Waals surface area contributed by atoms with Crippen molar-refractivity contribution in [2.75, 3.05) is 53.4 Å². The molecule has 1 aliphatic heterocycles. The lowest BCUT2D eigenvalue weighted by Gasteiger charge is -2.32. The quantitative estimate of drug-likeness (QED) is 0.366. The first-order chi connectivity index (χ1) is 17.4. The Morgan fingerprint density at radius 2 is 1.89 bits per heavy atom. The van der Waals surface area contributed by atoms with Gasteiger partial charge in [-0.3, -0.25) is 0 Å². The highest BCUT2D eigenvalue weighted by molar-refractivity contribution is 6.41. The molecule has 0 saturated carbocycles. The van der Waals surface area contributed by atoms with Crippen LogP contribution in [0.3, 0.4) is 0 Å². The molecule has 2 aliphatic rings. The normalized spacial score (nSPS) is 19.2. The van der Waals surface area contributed by atoms with E-state index in [4.69, 9.17) is 16.3 Å². The molecule has 1 saturated heterocycles. The minimum atomic E-state index is -0.471. The molecule has 2 aromatic rings. The van der Waals surface area contributed by atoms with Crippen LogP contribution < -0.4 is 5.32 Å². The van der Waals surface area contributed by atoms with Gasteiger partial charge in [-0.25, -0.2) is 9.38 Å². The van der Waals surface area contributed by atoms with Crippen molar-refractivity contribution in [1.82, 2.24) is 15.1 Å². The fourth-order valence-electron chi connectivity index (χ4n) is 4.58. The van der Waals surface area contributed by atoms with Crippen LogP contribution in [0.2, 0.25) is 0 Å². The number of benzene rings is 2. The van der Waals surface area contributed by atoms with Crippen LogP contribution in [0, 0.1) is 0 Å². The molecule has 0 bridgehead atoms. The van der Waals surface area contributed by atoms with Gasteiger partial charge in [0.25, 0.3) is 0 Å². The number of ether oxygens (including phenoxy) is 1. The summed E-state index contributed by atoms with van der Waals surface area (Å²) >= 11 is 6.81. The number of aliphatic imine (C=N–C) groups is 1. The van der Waals surface area contributed by atoms with E-state index >= 15 is 4.39 Å². The average Bonchev–Trinajstić information content (AvgIpc) is 2.88. The third-order valence-electron chi connectivity index (χ3n) is 6.49. The van der Waals surface area contributed by atoms with Gasteiger partial charge in [0.05, 0.1) is 11.6 Å². The number of piperazine rings is 1. The Hall–Kier alpha value is -2.93. The Bertz CT molecular complexity index is 1250. The van der Waals surface area contributed by atoms with Crippen molar-refractivity contribution in [3.63, 3.8) is 0 Å². The smallest absolute Gasteiger partial charge is 0.206 e. The predicted octanol–water partition coefficient (Wildman–Crippen LogP) is 5.72. The number of hydrogen-bond acceptors (Lipinski definition) is 5. The minimum Gasteiger partial charge on any atom is -0.478 e. The predicted molar refractivity (Wildman–Crippen MR) is 149 cm³/mol. The maximum atomic E-state index is 16.5. The van der Waals surface area contributed by atoms with Crippen LogP contribution in [-0.4, -0.2) is 68.9 Å². The Morgan fingerprint density at radius 1 is 1.17 bits per heavy atom. The van der Waals surface area contributed by atoms with Crippen LogP contribution in [0.4, 0.5) is 4.39 Å². The van der Waals surface area contributed by atoms with Gasteiger partial charge in [-0.05, 0) is 56.4 Å². The molecule has 190 valence electrons. The second kappa shape index (κ2) is 11.9. The highest BCUT2D eigenvalue weighted by atomic mass is 35.5. The standard InChI is InChI=1S/C29H34ClFN4O/c1-20(35-16-13-32-14-17-35)25-19-26(30)27(24-12-7-10-22-9-5-6-11-23(22)24)28(31)29(25)33-21(2)36-18-8-15-34(3)4/h5-7,9-12,19,32H,2,8,13-18H2,1,3-4H3/b25-20+,33-29?. The van der Waals surface area contributed by atoms with Crippen LogP contribution >= 0.6 is 11.6 Å². The fraction of sp³-hybridized carbons (Fsp3) is 0.345. The van der Waals surface area contributed by atoms with Crippen molar-refractivity contribution >= 4 is 33.7 Å². The molecule has 0 unspecified atom stereocenters. The zero-order valence-electron chi connectivity index (χ0n) is 21.3. The molecule has 5 nitrogen and oxygen atoms in total. The van der Waals surface area contributed by atoms with Crippen molar-refractivity contribution in [3.8, 4) is 0 Å². The molecule has 1 heterocycles. The Kier molecular flexibility index (Phi) is 8.62. The molecule has 0 aromatic heterocycles. The zero-order valence-corrected chi connectivity index (χ0v) is 22.0. The second-order valence-electron chi connectivity index (χ2n) is 9.30. The molecule has 0 atom stereocenters. The van der Waals surface area contributed by atoms with Crippen LogP contribution in [0.5, 0.6) is 0 Å². The molecule has 4 rings (SSSR count). The van der Waals surface area contributed by atoms with Gasteiger partial charge >= 0.3 is 0 Å². The molecular weight excluding hydrogens is 475 g/mol. The Labute approximate surface area is 218 Å². The van der Waals surface area contributed by atoms with E-state index in [0.717, 1.165) is 61.2 Å². The van der Waals surface area contributed by atoms with Crippen molar-refractivity contribution in [1.29, 1.82) is 0 Å². The number of fused-ring (bicyclic) bond motifs is 1. The van der Waals surface area contributed by atoms with Gasteiger partial charge in [-0.15, -0.1) is 0 Å². The number of hydrogen-bond donors (Lipinski definition) is 1. The number of rotatable bonds is 8. The van der Waals surface area contributed by atoms with Crippen LogP contribution in [0.15, 0.2) is 88.1 Å². The summed E-state index contributed by atoms with van der Waals surface area (Å²) in [7, 11) is 4.02. The summed E-state index contributed by atoms with van der Waals surface area (Å²) in [6.07, 6.45) is 2.65. The van der Waals surface area contributed by atoms with Crippen LogP contribution in [0.25, 0.3) is 16.3 Å². The summed E-state index contributed by atoms with van der Waals surface area (Å²) in [6.45, 7) is 10.7.